The number of carbonyl (C=O) groups is 1. The summed E-state index contributed by atoms with van der Waals surface area (Å²) in [4.78, 5) is 18.8. The standard InChI is InChI=1S/C15H24ClN3O/c1-10(2)8-19(9-11(3)4)15(20)14-12(16)6-7-13(17-5)18-14/h6-7,10-11H,8-9H2,1-5H3,(H,17,18). The van der Waals surface area contributed by atoms with E-state index in [4.69, 9.17) is 11.6 Å². The second-order valence-corrected chi connectivity index (χ2v) is 6.18. The molecule has 0 spiro atoms. The van der Waals surface area contributed by atoms with E-state index in [1.165, 1.54) is 0 Å². The predicted molar refractivity (Wildman–Crippen MR) is 84.4 cm³/mol. The normalized spacial score (nSPS) is 11.0. The summed E-state index contributed by atoms with van der Waals surface area (Å²) in [5, 5.41) is 3.32. The molecule has 0 bridgehead atoms. The van der Waals surface area contributed by atoms with Gasteiger partial charge in [0.25, 0.3) is 5.91 Å². The summed E-state index contributed by atoms with van der Waals surface area (Å²) < 4.78 is 0. The van der Waals surface area contributed by atoms with Crippen LogP contribution in [-0.4, -0.2) is 35.9 Å². The van der Waals surface area contributed by atoms with Gasteiger partial charge in [-0.05, 0) is 24.0 Å². The maximum Gasteiger partial charge on any atom is 0.274 e. The number of pyridine rings is 1. The van der Waals surface area contributed by atoms with E-state index in [0.717, 1.165) is 0 Å². The minimum Gasteiger partial charge on any atom is -0.373 e. The van der Waals surface area contributed by atoms with E-state index in [9.17, 15) is 4.79 Å². The third kappa shape index (κ3) is 4.67. The average molecular weight is 298 g/mol. The molecule has 1 amide bonds. The highest BCUT2D eigenvalue weighted by Crippen LogP contribution is 2.19. The van der Waals surface area contributed by atoms with Gasteiger partial charge in [-0.2, -0.15) is 0 Å². The first-order chi connectivity index (χ1) is 9.35. The zero-order chi connectivity index (χ0) is 15.3. The van der Waals surface area contributed by atoms with Crippen molar-refractivity contribution in [2.75, 3.05) is 25.5 Å². The number of nitrogens with one attached hydrogen (secondary N) is 1. The second kappa shape index (κ2) is 7.48. The molecule has 0 aliphatic carbocycles. The van der Waals surface area contributed by atoms with E-state index < -0.39 is 0 Å². The van der Waals surface area contributed by atoms with Crippen LogP contribution in [0.3, 0.4) is 0 Å². The van der Waals surface area contributed by atoms with Gasteiger partial charge in [-0.1, -0.05) is 39.3 Å². The molecule has 4 nitrogen and oxygen atoms in total. The summed E-state index contributed by atoms with van der Waals surface area (Å²) in [5.41, 5.74) is 0.319. The molecule has 0 atom stereocenters. The Morgan fingerprint density at radius 1 is 1.25 bits per heavy atom. The van der Waals surface area contributed by atoms with Crippen LogP contribution < -0.4 is 5.32 Å². The summed E-state index contributed by atoms with van der Waals surface area (Å²) >= 11 is 6.13. The highest BCUT2D eigenvalue weighted by molar-refractivity contribution is 6.33. The number of anilines is 1. The highest BCUT2D eigenvalue weighted by atomic mass is 35.5. The van der Waals surface area contributed by atoms with E-state index in [1.807, 2.05) is 4.90 Å². The fourth-order valence-corrected chi connectivity index (χ4v) is 2.19. The molecular formula is C15H24ClN3O. The molecule has 112 valence electrons. The van der Waals surface area contributed by atoms with Gasteiger partial charge in [0.05, 0.1) is 5.02 Å². The van der Waals surface area contributed by atoms with E-state index in [-0.39, 0.29) is 5.91 Å². The molecule has 0 radical (unpaired) electrons. The Morgan fingerprint density at radius 3 is 2.25 bits per heavy atom. The van der Waals surface area contributed by atoms with Gasteiger partial charge in [0, 0.05) is 20.1 Å². The topological polar surface area (TPSA) is 45.2 Å². The first-order valence-corrected chi connectivity index (χ1v) is 7.36. The molecule has 1 N–H and O–H groups in total. The highest BCUT2D eigenvalue weighted by Gasteiger charge is 2.22. The van der Waals surface area contributed by atoms with Gasteiger partial charge in [0.1, 0.15) is 11.5 Å². The van der Waals surface area contributed by atoms with E-state index >= 15 is 0 Å². The van der Waals surface area contributed by atoms with Gasteiger partial charge in [0.15, 0.2) is 0 Å². The summed E-state index contributed by atoms with van der Waals surface area (Å²) in [7, 11) is 1.77. The Labute approximate surface area is 126 Å². The molecular weight excluding hydrogens is 274 g/mol. The van der Waals surface area contributed by atoms with Crippen molar-refractivity contribution in [1.82, 2.24) is 9.88 Å². The zero-order valence-electron chi connectivity index (χ0n) is 12.9. The largest absolute Gasteiger partial charge is 0.373 e. The van der Waals surface area contributed by atoms with Gasteiger partial charge in [0.2, 0.25) is 0 Å². The molecule has 1 aromatic rings. The van der Waals surface area contributed by atoms with Crippen LogP contribution >= 0.6 is 11.6 Å². The number of carbonyl (C=O) groups excluding carboxylic acids is 1. The van der Waals surface area contributed by atoms with Crippen LogP contribution in [0.4, 0.5) is 5.82 Å². The van der Waals surface area contributed by atoms with E-state index in [0.29, 0.717) is 41.5 Å². The number of aromatic nitrogens is 1. The van der Waals surface area contributed by atoms with E-state index in [2.05, 4.69) is 38.0 Å². The molecule has 0 saturated carbocycles. The first kappa shape index (κ1) is 16.8. The van der Waals surface area contributed by atoms with Crippen molar-refractivity contribution in [3.8, 4) is 0 Å². The summed E-state index contributed by atoms with van der Waals surface area (Å²) in [6.07, 6.45) is 0. The van der Waals surface area contributed by atoms with Crippen molar-refractivity contribution in [3.05, 3.63) is 22.8 Å². The van der Waals surface area contributed by atoms with Crippen molar-refractivity contribution < 1.29 is 4.79 Å². The third-order valence-electron chi connectivity index (χ3n) is 2.76. The third-order valence-corrected chi connectivity index (χ3v) is 3.07. The van der Waals surface area contributed by atoms with Gasteiger partial charge in [-0.15, -0.1) is 0 Å². The quantitative estimate of drug-likeness (QED) is 0.873. The van der Waals surface area contributed by atoms with Crippen LogP contribution in [0.1, 0.15) is 38.2 Å². The van der Waals surface area contributed by atoms with Crippen LogP contribution in [-0.2, 0) is 0 Å². The minimum absolute atomic E-state index is 0.102. The lowest BCUT2D eigenvalue weighted by atomic mass is 10.1. The number of hydrogen-bond donors (Lipinski definition) is 1. The lowest BCUT2D eigenvalue weighted by Gasteiger charge is -2.26. The second-order valence-electron chi connectivity index (χ2n) is 5.77. The SMILES string of the molecule is CNc1ccc(Cl)c(C(=O)N(CC(C)C)CC(C)C)n1. The number of nitrogens with zero attached hydrogens (tertiary/aromatic N) is 2. The van der Waals surface area contributed by atoms with Crippen molar-refractivity contribution in [2.24, 2.45) is 11.8 Å². The van der Waals surface area contributed by atoms with Crippen LogP contribution in [0.2, 0.25) is 5.02 Å². The smallest absolute Gasteiger partial charge is 0.274 e. The average Bonchev–Trinajstić information content (AvgIpc) is 2.36. The van der Waals surface area contributed by atoms with Crippen molar-refractivity contribution >= 4 is 23.3 Å². The zero-order valence-corrected chi connectivity index (χ0v) is 13.7. The van der Waals surface area contributed by atoms with Gasteiger partial charge in [-0.25, -0.2) is 4.98 Å². The first-order valence-electron chi connectivity index (χ1n) is 6.98. The Morgan fingerprint density at radius 2 is 1.80 bits per heavy atom. The molecule has 1 aromatic heterocycles. The van der Waals surface area contributed by atoms with Crippen molar-refractivity contribution in [2.45, 2.75) is 27.7 Å². The molecule has 1 heterocycles. The lowest BCUT2D eigenvalue weighted by molar-refractivity contribution is 0.0709. The minimum atomic E-state index is -0.102. The number of amides is 1. The fourth-order valence-electron chi connectivity index (χ4n) is 2.00. The van der Waals surface area contributed by atoms with Crippen LogP contribution in [0, 0.1) is 11.8 Å². The molecule has 5 heteroatoms. The molecule has 0 saturated heterocycles. The van der Waals surface area contributed by atoms with Gasteiger partial charge >= 0.3 is 0 Å². The summed E-state index contributed by atoms with van der Waals surface area (Å²) in [6, 6.07) is 3.46. The Hall–Kier alpha value is -1.29. The predicted octanol–water partition coefficient (Wildman–Crippen LogP) is 3.53. The number of rotatable bonds is 6. The maximum atomic E-state index is 12.7. The lowest BCUT2D eigenvalue weighted by Crippen LogP contribution is -2.37. The Balaban J connectivity index is 3.04. The Kier molecular flexibility index (Phi) is 6.27. The summed E-state index contributed by atoms with van der Waals surface area (Å²) in [5.74, 6) is 1.36. The van der Waals surface area contributed by atoms with Gasteiger partial charge in [-0.3, -0.25) is 4.79 Å². The maximum absolute atomic E-state index is 12.7. The van der Waals surface area contributed by atoms with Gasteiger partial charge < -0.3 is 10.2 Å². The van der Waals surface area contributed by atoms with E-state index in [1.54, 1.807) is 19.2 Å². The molecule has 0 unspecified atom stereocenters. The van der Waals surface area contributed by atoms with Crippen LogP contribution in [0.5, 0.6) is 0 Å². The molecule has 1 rings (SSSR count). The molecule has 0 aromatic carbocycles. The molecule has 0 aliphatic rings. The monoisotopic (exact) mass is 297 g/mol. The fraction of sp³-hybridized carbons (Fsp3) is 0.600. The van der Waals surface area contributed by atoms with Crippen LogP contribution in [0.15, 0.2) is 12.1 Å². The number of halogens is 1. The molecule has 0 fully saturated rings. The molecule has 0 aliphatic heterocycles. The summed E-state index contributed by atoms with van der Waals surface area (Å²) in [6.45, 7) is 9.80. The Bertz CT molecular complexity index is 450. The number of hydrogen-bond acceptors (Lipinski definition) is 3. The van der Waals surface area contributed by atoms with Crippen molar-refractivity contribution in [3.63, 3.8) is 0 Å². The molecule has 20 heavy (non-hydrogen) atoms. The van der Waals surface area contributed by atoms with Crippen molar-refractivity contribution in [1.29, 1.82) is 0 Å². The van der Waals surface area contributed by atoms with Crippen LogP contribution in [0.25, 0.3) is 0 Å².